The summed E-state index contributed by atoms with van der Waals surface area (Å²) in [5, 5.41) is 3.45. The van der Waals surface area contributed by atoms with Gasteiger partial charge in [-0.2, -0.15) is 0 Å². The van der Waals surface area contributed by atoms with Gasteiger partial charge in [0.25, 0.3) is 0 Å². The Bertz CT molecular complexity index is 1910. The van der Waals surface area contributed by atoms with Crippen molar-refractivity contribution in [1.82, 2.24) is 19.8 Å². The minimum Gasteiger partial charge on any atom is -0.496 e. The first kappa shape index (κ1) is 36.5. The second kappa shape index (κ2) is 15.4. The summed E-state index contributed by atoms with van der Waals surface area (Å²) in [6.07, 6.45) is 4.17. The van der Waals surface area contributed by atoms with Crippen LogP contribution >= 0.6 is 23.2 Å². The largest absolute Gasteiger partial charge is 0.496 e. The van der Waals surface area contributed by atoms with Gasteiger partial charge in [-0.15, -0.1) is 0 Å². The number of nitrogens with zero attached hydrogens (tertiary/aromatic N) is 4. The lowest BCUT2D eigenvalue weighted by molar-refractivity contribution is -0.130. The summed E-state index contributed by atoms with van der Waals surface area (Å²) >= 11 is 13.8. The number of carbonyl (C=O) groups excluding carboxylic acids is 3. The number of pyridine rings is 2. The summed E-state index contributed by atoms with van der Waals surface area (Å²) in [6, 6.07) is 13.6. The van der Waals surface area contributed by atoms with E-state index in [9.17, 15) is 18.8 Å². The molecule has 1 N–H and O–H groups in total. The second-order valence-corrected chi connectivity index (χ2v) is 13.6. The number of anilines is 2. The van der Waals surface area contributed by atoms with Gasteiger partial charge in [0.05, 0.1) is 40.6 Å². The van der Waals surface area contributed by atoms with Crippen LogP contribution in [-0.2, 0) is 16.1 Å². The summed E-state index contributed by atoms with van der Waals surface area (Å²) in [4.78, 5) is 48.7. The van der Waals surface area contributed by atoms with Crippen LogP contribution in [0.1, 0.15) is 56.5 Å². The number of aromatic nitrogens is 2. The smallest absolute Gasteiger partial charge is 0.410 e. The average molecular weight is 723 g/mol. The van der Waals surface area contributed by atoms with Gasteiger partial charge < -0.3 is 24.6 Å². The molecule has 1 fully saturated rings. The van der Waals surface area contributed by atoms with Crippen molar-refractivity contribution in [3.8, 4) is 28.1 Å². The number of amides is 2. The fraction of sp³-hybridized carbons (Fsp3) is 0.324. The Morgan fingerprint density at radius 1 is 1.04 bits per heavy atom. The van der Waals surface area contributed by atoms with Crippen LogP contribution in [-0.4, -0.2) is 69.9 Å². The zero-order valence-corrected chi connectivity index (χ0v) is 29.9. The molecule has 1 saturated heterocycles. The molecule has 3 heterocycles. The van der Waals surface area contributed by atoms with Crippen molar-refractivity contribution in [2.75, 3.05) is 25.5 Å². The van der Waals surface area contributed by atoms with Crippen molar-refractivity contribution in [2.24, 2.45) is 0 Å². The van der Waals surface area contributed by atoms with Gasteiger partial charge in [-0.25, -0.2) is 14.2 Å². The number of methoxy groups -OCH3 is 1. The molecule has 2 aromatic carbocycles. The number of benzene rings is 2. The summed E-state index contributed by atoms with van der Waals surface area (Å²) in [7, 11) is 1.55. The van der Waals surface area contributed by atoms with Gasteiger partial charge >= 0.3 is 6.09 Å². The van der Waals surface area contributed by atoms with Crippen molar-refractivity contribution < 1.29 is 28.2 Å². The highest BCUT2D eigenvalue weighted by Gasteiger charge is 2.32. The van der Waals surface area contributed by atoms with Crippen LogP contribution in [0.15, 0.2) is 60.9 Å². The molecule has 0 saturated carbocycles. The maximum absolute atomic E-state index is 14.7. The Kier molecular flexibility index (Phi) is 11.3. The summed E-state index contributed by atoms with van der Waals surface area (Å²) < 4.78 is 26.3. The zero-order valence-electron chi connectivity index (χ0n) is 28.4. The number of hydrogen-bond donors (Lipinski definition) is 1. The van der Waals surface area contributed by atoms with E-state index in [1.807, 2.05) is 39.0 Å². The third-order valence-electron chi connectivity index (χ3n) is 8.36. The van der Waals surface area contributed by atoms with E-state index < -0.39 is 17.5 Å². The first-order chi connectivity index (χ1) is 23.8. The topological polar surface area (TPSA) is 114 Å². The Morgan fingerprint density at radius 3 is 2.40 bits per heavy atom. The Morgan fingerprint density at radius 2 is 1.74 bits per heavy atom. The van der Waals surface area contributed by atoms with Gasteiger partial charge in [-0.1, -0.05) is 47.5 Å². The highest BCUT2D eigenvalue weighted by atomic mass is 35.5. The fourth-order valence-electron chi connectivity index (χ4n) is 5.82. The molecular formula is C37H38Cl2FN5O5. The number of likely N-dealkylation sites (tertiary alicyclic amines) is 1. The van der Waals surface area contributed by atoms with Crippen LogP contribution in [0.4, 0.5) is 20.7 Å². The van der Waals surface area contributed by atoms with E-state index in [0.29, 0.717) is 71.1 Å². The maximum atomic E-state index is 14.7. The minimum atomic E-state index is -0.793. The van der Waals surface area contributed by atoms with Gasteiger partial charge in [-0.05, 0) is 57.9 Å². The molecular weight excluding hydrogens is 684 g/mol. The van der Waals surface area contributed by atoms with E-state index in [-0.39, 0.29) is 34.9 Å². The molecule has 1 aliphatic heterocycles. The van der Waals surface area contributed by atoms with E-state index in [2.05, 4.69) is 15.3 Å². The molecule has 4 aromatic rings. The molecule has 0 bridgehead atoms. The van der Waals surface area contributed by atoms with Gasteiger partial charge in [0.2, 0.25) is 5.91 Å². The van der Waals surface area contributed by atoms with Crippen LogP contribution in [0.3, 0.4) is 0 Å². The number of carbonyl (C=O) groups is 3. The Hall–Kier alpha value is -4.74. The molecule has 2 amide bonds. The van der Waals surface area contributed by atoms with Crippen molar-refractivity contribution >= 4 is 53.0 Å². The van der Waals surface area contributed by atoms with Crippen LogP contribution < -0.4 is 10.1 Å². The Balaban J connectivity index is 1.44. The van der Waals surface area contributed by atoms with Gasteiger partial charge in [0.1, 0.15) is 11.4 Å². The highest BCUT2D eigenvalue weighted by Crippen LogP contribution is 2.42. The zero-order chi connectivity index (χ0) is 36.2. The van der Waals surface area contributed by atoms with E-state index in [1.165, 1.54) is 12.3 Å². The van der Waals surface area contributed by atoms with Crippen molar-refractivity contribution in [3.63, 3.8) is 0 Å². The van der Waals surface area contributed by atoms with Crippen molar-refractivity contribution in [1.29, 1.82) is 0 Å². The quantitative estimate of drug-likeness (QED) is 0.171. The standard InChI is InChI=1S/C37H38Cl2FN5O5/c1-22(47)44-17-13-26(14-18-44)45(36(48)50-37(2,3)4)20-24-10-9-23(19-30(24)49-5)34-32(39)28(12-16-41-34)27-7-6-8-29(31(27)38)43-35-33(40)25(21-46)11-15-42-35/h6-12,15-16,19,21,26H,13-14,17-18,20H2,1-5H3,(H,42,43). The van der Waals surface area contributed by atoms with Gasteiger partial charge in [-0.3, -0.25) is 14.6 Å². The summed E-state index contributed by atoms with van der Waals surface area (Å²) in [6.45, 7) is 8.37. The number of hydrogen-bond acceptors (Lipinski definition) is 8. The average Bonchev–Trinajstić information content (AvgIpc) is 3.08. The van der Waals surface area contributed by atoms with Crippen LogP contribution in [0, 0.1) is 5.82 Å². The summed E-state index contributed by atoms with van der Waals surface area (Å²) in [5.74, 6) is -0.398. The number of nitrogens with one attached hydrogen (secondary N) is 1. The van der Waals surface area contributed by atoms with E-state index in [4.69, 9.17) is 32.7 Å². The third kappa shape index (κ3) is 8.17. The first-order valence-corrected chi connectivity index (χ1v) is 16.8. The molecule has 10 nitrogen and oxygen atoms in total. The molecule has 0 spiro atoms. The lowest BCUT2D eigenvalue weighted by atomic mass is 10.00. The molecule has 13 heteroatoms. The van der Waals surface area contributed by atoms with E-state index >= 15 is 0 Å². The summed E-state index contributed by atoms with van der Waals surface area (Å²) in [5.41, 5.74) is 2.56. The lowest BCUT2D eigenvalue weighted by Crippen LogP contribution is -2.49. The predicted octanol–water partition coefficient (Wildman–Crippen LogP) is 8.57. The molecule has 50 heavy (non-hydrogen) atoms. The third-order valence-corrected chi connectivity index (χ3v) is 9.15. The monoisotopic (exact) mass is 721 g/mol. The molecule has 262 valence electrons. The number of piperidine rings is 1. The predicted molar refractivity (Wildman–Crippen MR) is 192 cm³/mol. The number of halogens is 3. The molecule has 5 rings (SSSR count). The van der Waals surface area contributed by atoms with Gasteiger partial charge in [0, 0.05) is 60.7 Å². The SMILES string of the molecule is COc1cc(-c2nccc(-c3cccc(Nc4nccc(C=O)c4F)c3Cl)c2Cl)ccc1CN(C(=O)OC(C)(C)C)C1CCN(C(C)=O)CC1. The minimum absolute atomic E-state index is 0.0153. The fourth-order valence-corrected chi connectivity index (χ4v) is 6.41. The molecule has 1 aliphatic rings. The van der Waals surface area contributed by atoms with E-state index in [1.54, 1.807) is 54.3 Å². The van der Waals surface area contributed by atoms with Crippen LogP contribution in [0.2, 0.25) is 10.0 Å². The normalized spacial score (nSPS) is 13.5. The first-order valence-electron chi connectivity index (χ1n) is 16.0. The van der Waals surface area contributed by atoms with E-state index in [0.717, 1.165) is 5.56 Å². The van der Waals surface area contributed by atoms with Crippen molar-refractivity contribution in [2.45, 2.75) is 58.7 Å². The Labute approximate surface area is 300 Å². The number of aldehydes is 1. The maximum Gasteiger partial charge on any atom is 0.410 e. The molecule has 0 atom stereocenters. The van der Waals surface area contributed by atoms with Gasteiger partial charge in [0.15, 0.2) is 17.9 Å². The number of rotatable bonds is 9. The molecule has 0 aliphatic carbocycles. The molecule has 0 unspecified atom stereocenters. The molecule has 2 aromatic heterocycles. The van der Waals surface area contributed by atoms with Crippen molar-refractivity contribution in [3.05, 3.63) is 87.9 Å². The van der Waals surface area contributed by atoms with Crippen LogP contribution in [0.25, 0.3) is 22.4 Å². The lowest BCUT2D eigenvalue weighted by Gasteiger charge is -2.39. The highest BCUT2D eigenvalue weighted by molar-refractivity contribution is 6.39. The molecule has 0 radical (unpaired) electrons. The van der Waals surface area contributed by atoms with Crippen LogP contribution in [0.5, 0.6) is 5.75 Å². The second-order valence-electron chi connectivity index (χ2n) is 12.9. The number of ether oxygens (including phenoxy) is 2.